The van der Waals surface area contributed by atoms with E-state index in [1.54, 1.807) is 6.07 Å². The summed E-state index contributed by atoms with van der Waals surface area (Å²) in [5, 5.41) is 9.09. The predicted molar refractivity (Wildman–Crippen MR) is 63.4 cm³/mol. The van der Waals surface area contributed by atoms with E-state index in [1.165, 1.54) is 12.1 Å². The van der Waals surface area contributed by atoms with E-state index in [1.807, 2.05) is 0 Å². The molecule has 0 spiro atoms. The molecule has 3 nitrogen and oxygen atoms in total. The number of benzene rings is 1. The lowest BCUT2D eigenvalue weighted by molar-refractivity contribution is 0.0697. The Bertz CT molecular complexity index is 363. The highest BCUT2D eigenvalue weighted by Crippen LogP contribution is 2.25. The second kappa shape index (κ2) is 6.38. The summed E-state index contributed by atoms with van der Waals surface area (Å²) in [6, 6.07) is 4.49. The van der Waals surface area contributed by atoms with Crippen LogP contribution < -0.4 is 4.74 Å². The summed E-state index contributed by atoms with van der Waals surface area (Å²) in [7, 11) is 0. The fraction of sp³-hybridized carbons (Fsp3) is 0.417. The Hall–Kier alpha value is -1.22. The average molecular weight is 243 g/mol. The third kappa shape index (κ3) is 3.74. The van der Waals surface area contributed by atoms with E-state index < -0.39 is 5.97 Å². The third-order valence-electron chi connectivity index (χ3n) is 2.18. The van der Waals surface area contributed by atoms with Crippen molar-refractivity contribution in [1.82, 2.24) is 0 Å². The summed E-state index contributed by atoms with van der Waals surface area (Å²) in [4.78, 5) is 10.7. The lowest BCUT2D eigenvalue weighted by Crippen LogP contribution is -2.00. The van der Waals surface area contributed by atoms with E-state index in [4.69, 9.17) is 21.4 Å². The summed E-state index contributed by atoms with van der Waals surface area (Å²) in [6.45, 7) is 2.73. The Morgan fingerprint density at radius 1 is 1.44 bits per heavy atom. The fourth-order valence-corrected chi connectivity index (χ4v) is 1.52. The molecule has 0 saturated carbocycles. The maximum absolute atomic E-state index is 10.7. The number of rotatable bonds is 6. The van der Waals surface area contributed by atoms with Crippen LogP contribution in [0.5, 0.6) is 5.75 Å². The Morgan fingerprint density at radius 2 is 2.19 bits per heavy atom. The molecule has 0 amide bonds. The molecule has 0 atom stereocenters. The molecule has 0 saturated heterocycles. The third-order valence-corrected chi connectivity index (χ3v) is 2.48. The van der Waals surface area contributed by atoms with Gasteiger partial charge in [0.2, 0.25) is 0 Å². The van der Waals surface area contributed by atoms with Crippen molar-refractivity contribution in [3.8, 4) is 5.75 Å². The smallest absolute Gasteiger partial charge is 0.335 e. The summed E-state index contributed by atoms with van der Waals surface area (Å²) in [5.74, 6) is -0.442. The quantitative estimate of drug-likeness (QED) is 0.776. The number of aromatic carboxylic acids is 1. The number of halogens is 1. The molecular weight excluding hydrogens is 228 g/mol. The van der Waals surface area contributed by atoms with Crippen molar-refractivity contribution in [3.63, 3.8) is 0 Å². The Labute approximate surface area is 100.0 Å². The first-order valence-corrected chi connectivity index (χ1v) is 5.68. The molecule has 0 aliphatic heterocycles. The number of ether oxygens (including phenoxy) is 1. The SMILES string of the molecule is CCCCCOc1ccc(C(=O)O)cc1Cl. The number of unbranched alkanes of at least 4 members (excludes halogenated alkanes) is 2. The molecule has 16 heavy (non-hydrogen) atoms. The summed E-state index contributed by atoms with van der Waals surface area (Å²) in [6.07, 6.45) is 3.23. The van der Waals surface area contributed by atoms with Crippen LogP contribution in [0.3, 0.4) is 0 Å². The zero-order valence-electron chi connectivity index (χ0n) is 9.20. The highest BCUT2D eigenvalue weighted by molar-refractivity contribution is 6.32. The zero-order valence-corrected chi connectivity index (χ0v) is 9.96. The van der Waals surface area contributed by atoms with Crippen LogP contribution in [0.1, 0.15) is 36.5 Å². The first-order valence-electron chi connectivity index (χ1n) is 5.30. The normalized spacial score (nSPS) is 10.1. The van der Waals surface area contributed by atoms with Crippen molar-refractivity contribution in [1.29, 1.82) is 0 Å². The molecule has 1 aromatic carbocycles. The maximum atomic E-state index is 10.7. The van der Waals surface area contributed by atoms with Crippen molar-refractivity contribution in [2.75, 3.05) is 6.61 Å². The van der Waals surface area contributed by atoms with Gasteiger partial charge in [0.25, 0.3) is 0 Å². The van der Waals surface area contributed by atoms with Crippen LogP contribution in [0.25, 0.3) is 0 Å². The first-order chi connectivity index (χ1) is 7.65. The monoisotopic (exact) mass is 242 g/mol. The fourth-order valence-electron chi connectivity index (χ4n) is 1.29. The van der Waals surface area contributed by atoms with Gasteiger partial charge < -0.3 is 9.84 Å². The van der Waals surface area contributed by atoms with Crippen LogP contribution in [0.4, 0.5) is 0 Å². The maximum Gasteiger partial charge on any atom is 0.335 e. The zero-order chi connectivity index (χ0) is 12.0. The average Bonchev–Trinajstić information content (AvgIpc) is 2.26. The van der Waals surface area contributed by atoms with E-state index >= 15 is 0 Å². The molecule has 0 aromatic heterocycles. The van der Waals surface area contributed by atoms with Crippen molar-refractivity contribution >= 4 is 17.6 Å². The standard InChI is InChI=1S/C12H15ClO3/c1-2-3-4-7-16-11-6-5-9(12(14)15)8-10(11)13/h5-6,8H,2-4,7H2,1H3,(H,14,15). The van der Waals surface area contributed by atoms with Crippen LogP contribution in [0.2, 0.25) is 5.02 Å². The Kier molecular flexibility index (Phi) is 5.12. The van der Waals surface area contributed by atoms with Crippen LogP contribution in [0.15, 0.2) is 18.2 Å². The van der Waals surface area contributed by atoms with Gasteiger partial charge in [-0.15, -0.1) is 0 Å². The van der Waals surface area contributed by atoms with Gasteiger partial charge in [0.05, 0.1) is 17.2 Å². The van der Waals surface area contributed by atoms with Gasteiger partial charge in [-0.2, -0.15) is 0 Å². The van der Waals surface area contributed by atoms with Gasteiger partial charge in [-0.05, 0) is 24.6 Å². The van der Waals surface area contributed by atoms with E-state index in [0.29, 0.717) is 17.4 Å². The molecule has 88 valence electrons. The second-order valence-electron chi connectivity index (χ2n) is 3.51. The van der Waals surface area contributed by atoms with Crippen molar-refractivity contribution in [2.45, 2.75) is 26.2 Å². The van der Waals surface area contributed by atoms with Gasteiger partial charge in [-0.1, -0.05) is 31.4 Å². The topological polar surface area (TPSA) is 46.5 Å². The molecular formula is C12H15ClO3. The first kappa shape index (κ1) is 12.8. The van der Waals surface area contributed by atoms with Gasteiger partial charge in [-0.3, -0.25) is 0 Å². The van der Waals surface area contributed by atoms with Gasteiger partial charge in [0.1, 0.15) is 5.75 Å². The Morgan fingerprint density at radius 3 is 2.75 bits per heavy atom. The number of carboxylic acid groups (broad SMARTS) is 1. The lowest BCUT2D eigenvalue weighted by atomic mass is 10.2. The summed E-state index contributed by atoms with van der Waals surface area (Å²) >= 11 is 5.90. The van der Waals surface area contributed by atoms with Crippen LogP contribution in [-0.4, -0.2) is 17.7 Å². The van der Waals surface area contributed by atoms with Crippen molar-refractivity contribution < 1.29 is 14.6 Å². The molecule has 4 heteroatoms. The van der Waals surface area contributed by atoms with Gasteiger partial charge in [-0.25, -0.2) is 4.79 Å². The number of hydrogen-bond donors (Lipinski definition) is 1. The highest BCUT2D eigenvalue weighted by atomic mass is 35.5. The summed E-state index contributed by atoms with van der Waals surface area (Å²) in [5.41, 5.74) is 0.172. The predicted octanol–water partition coefficient (Wildman–Crippen LogP) is 3.61. The molecule has 0 heterocycles. The minimum Gasteiger partial charge on any atom is -0.492 e. The van der Waals surface area contributed by atoms with E-state index in [-0.39, 0.29) is 5.56 Å². The largest absolute Gasteiger partial charge is 0.492 e. The molecule has 1 N–H and O–H groups in total. The molecule has 0 bridgehead atoms. The van der Waals surface area contributed by atoms with Crippen LogP contribution >= 0.6 is 11.6 Å². The lowest BCUT2D eigenvalue weighted by Gasteiger charge is -2.07. The summed E-state index contributed by atoms with van der Waals surface area (Å²) < 4.78 is 5.45. The number of carbonyl (C=O) groups is 1. The van der Waals surface area contributed by atoms with Crippen molar-refractivity contribution in [2.24, 2.45) is 0 Å². The highest BCUT2D eigenvalue weighted by Gasteiger charge is 2.07. The minimum atomic E-state index is -0.987. The molecule has 0 fully saturated rings. The molecule has 1 rings (SSSR count). The number of carboxylic acids is 1. The molecule has 0 radical (unpaired) electrons. The number of hydrogen-bond acceptors (Lipinski definition) is 2. The molecule has 0 aliphatic rings. The van der Waals surface area contributed by atoms with Gasteiger partial charge in [0.15, 0.2) is 0 Å². The molecule has 0 unspecified atom stereocenters. The van der Waals surface area contributed by atoms with Crippen LogP contribution in [0, 0.1) is 0 Å². The van der Waals surface area contributed by atoms with Crippen LogP contribution in [-0.2, 0) is 0 Å². The van der Waals surface area contributed by atoms with E-state index in [9.17, 15) is 4.79 Å². The van der Waals surface area contributed by atoms with E-state index in [2.05, 4.69) is 6.92 Å². The molecule has 0 aliphatic carbocycles. The Balaban J connectivity index is 2.57. The van der Waals surface area contributed by atoms with E-state index in [0.717, 1.165) is 19.3 Å². The minimum absolute atomic E-state index is 0.172. The second-order valence-corrected chi connectivity index (χ2v) is 3.91. The van der Waals surface area contributed by atoms with Gasteiger partial charge >= 0.3 is 5.97 Å². The molecule has 1 aromatic rings. The van der Waals surface area contributed by atoms with Crippen molar-refractivity contribution in [3.05, 3.63) is 28.8 Å². The van der Waals surface area contributed by atoms with Gasteiger partial charge in [0, 0.05) is 0 Å².